The molecule has 112 valence electrons. The van der Waals surface area contributed by atoms with Crippen LogP contribution in [0.3, 0.4) is 0 Å². The summed E-state index contributed by atoms with van der Waals surface area (Å²) >= 11 is 5.95. The lowest BCUT2D eigenvalue weighted by atomic mass is 10.3. The summed E-state index contributed by atoms with van der Waals surface area (Å²) < 4.78 is 37.5. The van der Waals surface area contributed by atoms with Gasteiger partial charge < -0.3 is 9.47 Å². The molecule has 2 aromatic carbocycles. The van der Waals surface area contributed by atoms with Crippen LogP contribution in [0.25, 0.3) is 0 Å². The molecule has 0 bridgehead atoms. The van der Waals surface area contributed by atoms with Crippen LogP contribution in [0, 0.1) is 11.6 Å². The molecular weight excluding hydrogens is 338 g/mol. The van der Waals surface area contributed by atoms with Crippen LogP contribution in [0.1, 0.15) is 0 Å². The Bertz CT molecular complexity index is 653. The summed E-state index contributed by atoms with van der Waals surface area (Å²) in [5, 5.41) is 0.303. The first-order valence-corrected chi connectivity index (χ1v) is 8.29. The molecule has 0 aromatic heterocycles. The smallest absolute Gasteiger partial charge is 0.141 e. The second-order valence-corrected chi connectivity index (χ2v) is 6.50. The lowest BCUT2D eigenvalue weighted by Gasteiger charge is -2.08. The first kappa shape index (κ1) is 16.3. The van der Waals surface area contributed by atoms with Crippen molar-refractivity contribution in [3.05, 3.63) is 47.0 Å². The monoisotopic (exact) mass is 348 g/mol. The number of benzene rings is 2. The molecule has 0 aliphatic heterocycles. The van der Waals surface area contributed by atoms with E-state index in [4.69, 9.17) is 21.1 Å². The van der Waals surface area contributed by atoms with Gasteiger partial charge in [0.05, 0.1) is 29.0 Å². The van der Waals surface area contributed by atoms with Crippen LogP contribution in [-0.4, -0.2) is 14.2 Å². The summed E-state index contributed by atoms with van der Waals surface area (Å²) in [7, 11) is 5.06. The SMILES string of the molecule is COc1ccc(SSc2cc(Cl)c(OC)cc2F)c(F)c1. The van der Waals surface area contributed by atoms with Gasteiger partial charge in [-0.1, -0.05) is 11.6 Å². The zero-order chi connectivity index (χ0) is 15.4. The van der Waals surface area contributed by atoms with E-state index in [1.165, 1.54) is 32.4 Å². The molecule has 0 saturated carbocycles. The van der Waals surface area contributed by atoms with Gasteiger partial charge in [-0.15, -0.1) is 0 Å². The normalized spacial score (nSPS) is 10.5. The Labute approximate surface area is 134 Å². The Morgan fingerprint density at radius 3 is 2.19 bits per heavy atom. The number of hydrogen-bond acceptors (Lipinski definition) is 4. The van der Waals surface area contributed by atoms with Crippen LogP contribution in [0.5, 0.6) is 11.5 Å². The quantitative estimate of drug-likeness (QED) is 0.670. The van der Waals surface area contributed by atoms with Gasteiger partial charge in [0, 0.05) is 12.1 Å². The molecule has 0 unspecified atom stereocenters. The number of halogens is 3. The third-order valence-electron chi connectivity index (χ3n) is 2.57. The van der Waals surface area contributed by atoms with Crippen molar-refractivity contribution in [3.63, 3.8) is 0 Å². The Morgan fingerprint density at radius 2 is 1.57 bits per heavy atom. The molecule has 21 heavy (non-hydrogen) atoms. The standard InChI is InChI=1S/C14H11ClF2O2S2/c1-18-8-3-4-13(10(16)5-8)20-21-14-6-9(15)12(19-2)7-11(14)17/h3-7H,1-2H3. The van der Waals surface area contributed by atoms with E-state index in [1.54, 1.807) is 12.1 Å². The van der Waals surface area contributed by atoms with Crippen LogP contribution in [0.2, 0.25) is 5.02 Å². The predicted molar refractivity (Wildman–Crippen MR) is 82.6 cm³/mol. The van der Waals surface area contributed by atoms with E-state index < -0.39 is 11.6 Å². The van der Waals surface area contributed by atoms with E-state index in [-0.39, 0.29) is 5.75 Å². The van der Waals surface area contributed by atoms with E-state index in [0.29, 0.717) is 20.6 Å². The number of rotatable bonds is 5. The van der Waals surface area contributed by atoms with Crippen molar-refractivity contribution in [1.82, 2.24) is 0 Å². The molecule has 7 heteroatoms. The second-order valence-electron chi connectivity index (χ2n) is 3.88. The van der Waals surface area contributed by atoms with Gasteiger partial charge in [0.1, 0.15) is 23.1 Å². The van der Waals surface area contributed by atoms with E-state index in [9.17, 15) is 8.78 Å². The fraction of sp³-hybridized carbons (Fsp3) is 0.143. The lowest BCUT2D eigenvalue weighted by Crippen LogP contribution is -1.88. The molecule has 2 rings (SSSR count). The summed E-state index contributed by atoms with van der Waals surface area (Å²) in [6, 6.07) is 7.16. The van der Waals surface area contributed by atoms with Gasteiger partial charge in [0.25, 0.3) is 0 Å². The Hall–Kier alpha value is -1.11. The first-order chi connectivity index (χ1) is 10.0. The minimum atomic E-state index is -0.470. The lowest BCUT2D eigenvalue weighted by molar-refractivity contribution is 0.410. The first-order valence-electron chi connectivity index (χ1n) is 5.76. The zero-order valence-corrected chi connectivity index (χ0v) is 13.5. The van der Waals surface area contributed by atoms with E-state index in [0.717, 1.165) is 21.6 Å². The van der Waals surface area contributed by atoms with Crippen molar-refractivity contribution in [3.8, 4) is 11.5 Å². The van der Waals surface area contributed by atoms with Crippen molar-refractivity contribution < 1.29 is 18.3 Å². The molecule has 0 amide bonds. The molecule has 0 heterocycles. The van der Waals surface area contributed by atoms with E-state index in [1.807, 2.05) is 0 Å². The van der Waals surface area contributed by atoms with Gasteiger partial charge in [-0.25, -0.2) is 8.78 Å². The molecule has 0 spiro atoms. The molecule has 0 aliphatic rings. The Kier molecular flexibility index (Phi) is 5.61. The molecule has 2 aromatic rings. The highest BCUT2D eigenvalue weighted by Gasteiger charge is 2.12. The van der Waals surface area contributed by atoms with Crippen LogP contribution in [-0.2, 0) is 0 Å². The molecule has 0 N–H and O–H groups in total. The molecular formula is C14H11ClF2O2S2. The van der Waals surface area contributed by atoms with Crippen molar-refractivity contribution >= 4 is 33.2 Å². The number of ether oxygens (including phenoxy) is 2. The average Bonchev–Trinajstić information content (AvgIpc) is 2.48. The minimum absolute atomic E-state index is 0.263. The summed E-state index contributed by atoms with van der Waals surface area (Å²) in [6.45, 7) is 0. The molecule has 0 radical (unpaired) electrons. The third-order valence-corrected chi connectivity index (χ3v) is 5.28. The van der Waals surface area contributed by atoms with Crippen LogP contribution in [0.15, 0.2) is 40.1 Å². The van der Waals surface area contributed by atoms with Gasteiger partial charge >= 0.3 is 0 Å². The Balaban J connectivity index is 2.15. The maximum atomic E-state index is 13.9. The zero-order valence-electron chi connectivity index (χ0n) is 11.2. The topological polar surface area (TPSA) is 18.5 Å². The van der Waals surface area contributed by atoms with Crippen molar-refractivity contribution in [1.29, 1.82) is 0 Å². The minimum Gasteiger partial charge on any atom is -0.497 e. The third kappa shape index (κ3) is 3.96. The summed E-state index contributed by atoms with van der Waals surface area (Å²) in [5.74, 6) is -0.200. The van der Waals surface area contributed by atoms with E-state index >= 15 is 0 Å². The molecule has 2 nitrogen and oxygen atoms in total. The average molecular weight is 349 g/mol. The fourth-order valence-corrected chi connectivity index (χ4v) is 3.88. The maximum Gasteiger partial charge on any atom is 0.141 e. The van der Waals surface area contributed by atoms with Gasteiger partial charge in [0.2, 0.25) is 0 Å². The number of hydrogen-bond donors (Lipinski definition) is 0. The predicted octanol–water partition coefficient (Wildman–Crippen LogP) is 5.43. The largest absolute Gasteiger partial charge is 0.497 e. The second kappa shape index (κ2) is 7.24. The summed E-state index contributed by atoms with van der Waals surface area (Å²) in [4.78, 5) is 0.688. The molecule has 0 fully saturated rings. The summed E-state index contributed by atoms with van der Waals surface area (Å²) in [5.41, 5.74) is 0. The van der Waals surface area contributed by atoms with Crippen LogP contribution < -0.4 is 9.47 Å². The van der Waals surface area contributed by atoms with Crippen molar-refractivity contribution in [2.75, 3.05) is 14.2 Å². The highest BCUT2D eigenvalue weighted by Crippen LogP contribution is 2.42. The van der Waals surface area contributed by atoms with E-state index in [2.05, 4.69) is 0 Å². The fourth-order valence-electron chi connectivity index (χ4n) is 1.50. The van der Waals surface area contributed by atoms with Crippen molar-refractivity contribution in [2.24, 2.45) is 0 Å². The van der Waals surface area contributed by atoms with Crippen LogP contribution >= 0.6 is 33.2 Å². The molecule has 0 aliphatic carbocycles. The Morgan fingerprint density at radius 1 is 0.905 bits per heavy atom. The molecule has 0 saturated heterocycles. The van der Waals surface area contributed by atoms with Gasteiger partial charge in [-0.3, -0.25) is 0 Å². The van der Waals surface area contributed by atoms with Crippen LogP contribution in [0.4, 0.5) is 8.78 Å². The highest BCUT2D eigenvalue weighted by molar-refractivity contribution is 8.76. The molecule has 0 atom stereocenters. The van der Waals surface area contributed by atoms with Gasteiger partial charge in [-0.05, 0) is 39.8 Å². The summed E-state index contributed by atoms with van der Waals surface area (Å²) in [6.07, 6.45) is 0. The number of methoxy groups -OCH3 is 2. The van der Waals surface area contributed by atoms with Crippen molar-refractivity contribution in [2.45, 2.75) is 9.79 Å². The highest BCUT2D eigenvalue weighted by atomic mass is 35.5. The van der Waals surface area contributed by atoms with Gasteiger partial charge in [0.15, 0.2) is 0 Å². The van der Waals surface area contributed by atoms with Gasteiger partial charge in [-0.2, -0.15) is 0 Å². The maximum absolute atomic E-state index is 13.9.